The summed E-state index contributed by atoms with van der Waals surface area (Å²) in [5.41, 5.74) is 4.90. The first kappa shape index (κ1) is 25.9. The van der Waals surface area contributed by atoms with E-state index in [1.807, 2.05) is 24.3 Å². The molecule has 3 heterocycles. The molecule has 38 heavy (non-hydrogen) atoms. The van der Waals surface area contributed by atoms with E-state index in [4.69, 9.17) is 11.6 Å². The van der Waals surface area contributed by atoms with Crippen LogP contribution in [0.3, 0.4) is 0 Å². The fourth-order valence-corrected chi connectivity index (χ4v) is 5.09. The van der Waals surface area contributed by atoms with Crippen molar-refractivity contribution in [1.29, 1.82) is 0 Å². The van der Waals surface area contributed by atoms with Crippen LogP contribution in [0.25, 0.3) is 5.52 Å². The van der Waals surface area contributed by atoms with Crippen molar-refractivity contribution in [3.63, 3.8) is 0 Å². The number of benzene rings is 2. The Morgan fingerprint density at radius 3 is 2.42 bits per heavy atom. The van der Waals surface area contributed by atoms with Gasteiger partial charge in [-0.15, -0.1) is 13.2 Å². The molecule has 4 aromatic rings. The molecule has 0 spiro atoms. The van der Waals surface area contributed by atoms with Crippen LogP contribution < -0.4 is 15.0 Å². The maximum absolute atomic E-state index is 12.9. The van der Waals surface area contributed by atoms with Gasteiger partial charge in [-0.05, 0) is 73.2 Å². The molecule has 0 unspecified atom stereocenters. The Morgan fingerprint density at radius 1 is 1.08 bits per heavy atom. The molecule has 2 aromatic heterocycles. The number of hydrogen-bond donors (Lipinski definition) is 1. The smallest absolute Gasteiger partial charge is 0.406 e. The van der Waals surface area contributed by atoms with Gasteiger partial charge in [0.15, 0.2) is 0 Å². The molecule has 5 rings (SSSR count). The first-order chi connectivity index (χ1) is 18.2. The van der Waals surface area contributed by atoms with E-state index >= 15 is 0 Å². The summed E-state index contributed by atoms with van der Waals surface area (Å²) >= 11 is 6.10. The third-order valence-corrected chi connectivity index (χ3v) is 7.07. The Morgan fingerprint density at radius 2 is 1.76 bits per heavy atom. The molecule has 1 fully saturated rings. The zero-order chi connectivity index (χ0) is 26.9. The molecule has 1 saturated heterocycles. The van der Waals surface area contributed by atoms with Crippen LogP contribution in [-0.4, -0.2) is 35.0 Å². The van der Waals surface area contributed by atoms with Crippen molar-refractivity contribution >= 4 is 28.7 Å². The van der Waals surface area contributed by atoms with E-state index in [1.165, 1.54) is 12.1 Å². The van der Waals surface area contributed by atoms with Gasteiger partial charge in [-0.3, -0.25) is 4.79 Å². The Balaban J connectivity index is 1.15. The van der Waals surface area contributed by atoms with Crippen LogP contribution in [0.15, 0.2) is 66.9 Å². The highest BCUT2D eigenvalue weighted by Crippen LogP contribution is 2.32. The van der Waals surface area contributed by atoms with E-state index in [0.29, 0.717) is 34.3 Å². The zero-order valence-corrected chi connectivity index (χ0v) is 21.4. The van der Waals surface area contributed by atoms with Crippen molar-refractivity contribution in [2.75, 3.05) is 18.0 Å². The van der Waals surface area contributed by atoms with Gasteiger partial charge < -0.3 is 15.0 Å². The number of amides is 1. The van der Waals surface area contributed by atoms with E-state index in [9.17, 15) is 18.0 Å². The van der Waals surface area contributed by atoms with E-state index < -0.39 is 6.36 Å². The summed E-state index contributed by atoms with van der Waals surface area (Å²) in [7, 11) is 0. The molecular weight excluding hydrogens is 517 g/mol. The Labute approximate surface area is 223 Å². The largest absolute Gasteiger partial charge is 0.573 e. The lowest BCUT2D eigenvalue weighted by molar-refractivity contribution is -0.274. The molecule has 1 aliphatic rings. The standard InChI is InChI=1S/C28H26ClF3N4O2/c1-18-26(25-16-22(29)12-15-36(25)34-18)27(37)33-17-19-2-6-23(7-3-19)35-13-10-21(11-14-35)20-4-8-24(9-5-20)38-28(30,31)32/h2-9,12,15-16,21H,10-11,13-14,17H2,1H3,(H,33,37). The summed E-state index contributed by atoms with van der Waals surface area (Å²) in [6.45, 7) is 3.87. The van der Waals surface area contributed by atoms with Crippen molar-refractivity contribution in [2.24, 2.45) is 0 Å². The van der Waals surface area contributed by atoms with Gasteiger partial charge in [-0.2, -0.15) is 5.10 Å². The fourth-order valence-electron chi connectivity index (χ4n) is 4.93. The van der Waals surface area contributed by atoms with E-state index in [0.717, 1.165) is 42.7 Å². The number of carbonyl (C=O) groups is 1. The number of nitrogens with zero attached hydrogens (tertiary/aromatic N) is 3. The van der Waals surface area contributed by atoms with Gasteiger partial charge in [0.1, 0.15) is 5.75 Å². The molecule has 2 aromatic carbocycles. The van der Waals surface area contributed by atoms with Gasteiger partial charge in [0, 0.05) is 36.5 Å². The molecule has 0 radical (unpaired) electrons. The normalized spacial score (nSPS) is 14.6. The highest BCUT2D eigenvalue weighted by molar-refractivity contribution is 6.31. The monoisotopic (exact) mass is 542 g/mol. The zero-order valence-electron chi connectivity index (χ0n) is 20.6. The van der Waals surface area contributed by atoms with Gasteiger partial charge in [0.2, 0.25) is 0 Å². The van der Waals surface area contributed by atoms with Gasteiger partial charge in [-0.25, -0.2) is 4.52 Å². The van der Waals surface area contributed by atoms with Crippen LogP contribution in [-0.2, 0) is 6.54 Å². The second-order valence-electron chi connectivity index (χ2n) is 9.36. The molecule has 1 amide bonds. The van der Waals surface area contributed by atoms with Gasteiger partial charge >= 0.3 is 6.36 Å². The topological polar surface area (TPSA) is 58.9 Å². The summed E-state index contributed by atoms with van der Waals surface area (Å²) in [4.78, 5) is 15.2. The van der Waals surface area contributed by atoms with Crippen LogP contribution in [0.5, 0.6) is 5.75 Å². The number of halogens is 4. The van der Waals surface area contributed by atoms with Crippen LogP contribution in [0.2, 0.25) is 5.02 Å². The number of alkyl halides is 3. The summed E-state index contributed by atoms with van der Waals surface area (Å²) in [6, 6.07) is 17.7. The minimum Gasteiger partial charge on any atom is -0.406 e. The van der Waals surface area contributed by atoms with Crippen LogP contribution in [0, 0.1) is 6.92 Å². The number of fused-ring (bicyclic) bond motifs is 1. The molecule has 1 aliphatic heterocycles. The van der Waals surface area contributed by atoms with Crippen molar-refractivity contribution in [3.05, 3.63) is 94.3 Å². The molecule has 0 atom stereocenters. The number of carbonyl (C=O) groups excluding carboxylic acids is 1. The maximum atomic E-state index is 12.9. The van der Waals surface area contributed by atoms with Crippen LogP contribution in [0.1, 0.15) is 45.9 Å². The number of aromatic nitrogens is 2. The number of rotatable bonds is 6. The van der Waals surface area contributed by atoms with Crippen molar-refractivity contribution in [1.82, 2.24) is 14.9 Å². The molecule has 10 heteroatoms. The lowest BCUT2D eigenvalue weighted by Gasteiger charge is -2.34. The third-order valence-electron chi connectivity index (χ3n) is 6.83. The second kappa shape index (κ2) is 10.6. The highest BCUT2D eigenvalue weighted by atomic mass is 35.5. The van der Waals surface area contributed by atoms with Crippen molar-refractivity contribution in [2.45, 2.75) is 38.6 Å². The molecular formula is C28H26ClF3N4O2. The molecule has 6 nitrogen and oxygen atoms in total. The van der Waals surface area contributed by atoms with Crippen LogP contribution in [0.4, 0.5) is 18.9 Å². The fraction of sp³-hybridized carbons (Fsp3) is 0.286. The van der Waals surface area contributed by atoms with Crippen LogP contribution >= 0.6 is 11.6 Å². The Kier molecular flexibility index (Phi) is 7.21. The Hall–Kier alpha value is -3.72. The van der Waals surface area contributed by atoms with Gasteiger partial charge in [0.25, 0.3) is 5.91 Å². The van der Waals surface area contributed by atoms with E-state index in [1.54, 1.807) is 41.9 Å². The summed E-state index contributed by atoms with van der Waals surface area (Å²) in [6.07, 6.45) is -1.15. The number of hydrogen-bond acceptors (Lipinski definition) is 4. The highest BCUT2D eigenvalue weighted by Gasteiger charge is 2.31. The maximum Gasteiger partial charge on any atom is 0.573 e. The lowest BCUT2D eigenvalue weighted by Crippen LogP contribution is -2.32. The molecule has 198 valence electrons. The quantitative estimate of drug-likeness (QED) is 0.302. The average Bonchev–Trinajstić information content (AvgIpc) is 3.22. The van der Waals surface area contributed by atoms with Gasteiger partial charge in [-0.1, -0.05) is 35.9 Å². The Bertz CT molecular complexity index is 1430. The minimum atomic E-state index is -4.68. The predicted octanol–water partition coefficient (Wildman–Crippen LogP) is 6.51. The third kappa shape index (κ3) is 5.88. The second-order valence-corrected chi connectivity index (χ2v) is 9.80. The predicted molar refractivity (Wildman–Crippen MR) is 140 cm³/mol. The molecule has 1 N–H and O–H groups in total. The minimum absolute atomic E-state index is 0.201. The first-order valence-electron chi connectivity index (χ1n) is 12.3. The summed E-state index contributed by atoms with van der Waals surface area (Å²) < 4.78 is 42.8. The number of ether oxygens (including phenoxy) is 1. The van der Waals surface area contributed by atoms with E-state index in [2.05, 4.69) is 20.1 Å². The van der Waals surface area contributed by atoms with Gasteiger partial charge in [0.05, 0.1) is 16.8 Å². The average molecular weight is 543 g/mol. The first-order valence-corrected chi connectivity index (χ1v) is 12.7. The number of pyridine rings is 1. The lowest BCUT2D eigenvalue weighted by atomic mass is 9.89. The number of piperidine rings is 1. The van der Waals surface area contributed by atoms with Crippen molar-refractivity contribution < 1.29 is 22.7 Å². The molecule has 0 bridgehead atoms. The number of anilines is 1. The summed E-state index contributed by atoms with van der Waals surface area (Å²) in [5.74, 6) is -0.115. The SMILES string of the molecule is Cc1nn2ccc(Cl)cc2c1C(=O)NCc1ccc(N2CCC(c3ccc(OC(F)(F)F)cc3)CC2)cc1. The van der Waals surface area contributed by atoms with Crippen molar-refractivity contribution in [3.8, 4) is 5.75 Å². The number of aryl methyl sites for hydroxylation is 1. The summed E-state index contributed by atoms with van der Waals surface area (Å²) in [5, 5.41) is 7.89. The van der Waals surface area contributed by atoms with E-state index in [-0.39, 0.29) is 11.7 Å². The number of nitrogens with one attached hydrogen (secondary N) is 1. The molecule has 0 saturated carbocycles. The molecule has 0 aliphatic carbocycles.